The van der Waals surface area contributed by atoms with Gasteiger partial charge in [-0.25, -0.2) is 0 Å². The lowest BCUT2D eigenvalue weighted by Gasteiger charge is -2.29. The average Bonchev–Trinajstić information content (AvgIpc) is 3.14. The van der Waals surface area contributed by atoms with Gasteiger partial charge in [0.15, 0.2) is 5.78 Å². The predicted octanol–water partition coefficient (Wildman–Crippen LogP) is 6.05. The second-order valence-corrected chi connectivity index (χ2v) is 10.8. The number of piperidine rings is 1. The number of carbonyl (C=O) groups excluding carboxylic acids is 1. The molecule has 1 saturated heterocycles. The molecule has 4 rings (SSSR count). The van der Waals surface area contributed by atoms with Gasteiger partial charge < -0.3 is 9.47 Å². The van der Waals surface area contributed by atoms with Gasteiger partial charge in [0.2, 0.25) is 0 Å². The maximum atomic E-state index is 12.8. The fourth-order valence-electron chi connectivity index (χ4n) is 5.47. The molecule has 2 aliphatic rings. The van der Waals surface area contributed by atoms with Crippen LogP contribution in [0.5, 0.6) is 0 Å². The van der Waals surface area contributed by atoms with Crippen LogP contribution in [0.15, 0.2) is 30.3 Å². The maximum Gasteiger partial charge on any atom is 0.152 e. The zero-order valence-corrected chi connectivity index (χ0v) is 21.2. The second-order valence-electron chi connectivity index (χ2n) is 10.4. The number of ketones is 1. The molecular formula is C28H40ClN3O. The van der Waals surface area contributed by atoms with Crippen LogP contribution in [0.1, 0.15) is 63.6 Å². The molecular weight excluding hydrogens is 430 g/mol. The number of halogens is 1. The van der Waals surface area contributed by atoms with E-state index < -0.39 is 0 Å². The number of Topliss-reactive ketones (excluding diaryl/α,β-unsaturated/α-hetero) is 1. The van der Waals surface area contributed by atoms with Gasteiger partial charge in [0.25, 0.3) is 0 Å². The van der Waals surface area contributed by atoms with Gasteiger partial charge >= 0.3 is 0 Å². The molecule has 0 radical (unpaired) electrons. The molecule has 1 aromatic carbocycles. The summed E-state index contributed by atoms with van der Waals surface area (Å²) < 4.78 is 2.28. The maximum absolute atomic E-state index is 12.8. The van der Waals surface area contributed by atoms with Crippen LogP contribution in [0.4, 0.5) is 0 Å². The summed E-state index contributed by atoms with van der Waals surface area (Å²) in [6.07, 6.45) is 8.36. The van der Waals surface area contributed by atoms with E-state index in [2.05, 4.69) is 40.3 Å². The number of rotatable bonds is 10. The van der Waals surface area contributed by atoms with Crippen LogP contribution in [0, 0.1) is 5.92 Å². The Kier molecular flexibility index (Phi) is 8.67. The highest BCUT2D eigenvalue weighted by Crippen LogP contribution is 2.31. The fraction of sp³-hybridized carbons (Fsp3) is 0.607. The zero-order chi connectivity index (χ0) is 23.2. The fourth-order valence-corrected chi connectivity index (χ4v) is 5.66. The number of benzene rings is 1. The predicted molar refractivity (Wildman–Crippen MR) is 138 cm³/mol. The van der Waals surface area contributed by atoms with Gasteiger partial charge in [-0.05, 0) is 87.1 Å². The van der Waals surface area contributed by atoms with E-state index in [1.807, 2.05) is 18.2 Å². The van der Waals surface area contributed by atoms with E-state index in [-0.39, 0.29) is 0 Å². The van der Waals surface area contributed by atoms with Gasteiger partial charge in [-0.3, -0.25) is 9.69 Å². The topological polar surface area (TPSA) is 28.5 Å². The Balaban J connectivity index is 1.43. The molecule has 0 unspecified atom stereocenters. The molecule has 0 spiro atoms. The van der Waals surface area contributed by atoms with Crippen molar-refractivity contribution in [2.45, 2.75) is 71.9 Å². The lowest BCUT2D eigenvalue weighted by molar-refractivity contribution is -0.120. The molecule has 2 aliphatic heterocycles. The Morgan fingerprint density at radius 2 is 1.76 bits per heavy atom. The van der Waals surface area contributed by atoms with Crippen LogP contribution < -0.4 is 0 Å². The summed E-state index contributed by atoms with van der Waals surface area (Å²) in [5, 5.41) is 0.738. The molecule has 33 heavy (non-hydrogen) atoms. The average molecular weight is 470 g/mol. The van der Waals surface area contributed by atoms with Crippen LogP contribution in [0.3, 0.4) is 0 Å². The standard InChI is InChI=1S/C28H40ClN3O/c1-22(2)17-26(33)21-32-27-11-16-31(15-7-6-14-30-12-4-3-5-13-30)20-24(27)19-28(32)23-9-8-10-25(29)18-23/h8-10,18-19,22H,3-7,11-17,20-21H2,1-2H3. The minimum absolute atomic E-state index is 0.312. The van der Waals surface area contributed by atoms with Gasteiger partial charge in [0.05, 0.1) is 6.54 Å². The molecule has 1 fully saturated rings. The summed E-state index contributed by atoms with van der Waals surface area (Å²) in [6, 6.07) is 10.3. The molecule has 5 heteroatoms. The summed E-state index contributed by atoms with van der Waals surface area (Å²) >= 11 is 6.31. The van der Waals surface area contributed by atoms with Crippen molar-refractivity contribution in [1.29, 1.82) is 0 Å². The SMILES string of the molecule is CC(C)CC(=O)Cn1c(-c2cccc(Cl)c2)cc2c1CCN(CCCCN1CCCCC1)C2. The molecule has 0 bridgehead atoms. The molecule has 0 N–H and O–H groups in total. The smallest absolute Gasteiger partial charge is 0.152 e. The lowest BCUT2D eigenvalue weighted by atomic mass is 10.1. The third-order valence-electron chi connectivity index (χ3n) is 7.10. The van der Waals surface area contributed by atoms with Crippen LogP contribution in [-0.2, 0) is 24.3 Å². The van der Waals surface area contributed by atoms with Crippen molar-refractivity contribution in [2.24, 2.45) is 5.92 Å². The van der Waals surface area contributed by atoms with Crippen molar-refractivity contribution < 1.29 is 4.79 Å². The Morgan fingerprint density at radius 3 is 2.48 bits per heavy atom. The number of hydrogen-bond acceptors (Lipinski definition) is 3. The molecule has 180 valence electrons. The van der Waals surface area contributed by atoms with Crippen molar-refractivity contribution in [3.63, 3.8) is 0 Å². The summed E-state index contributed by atoms with van der Waals surface area (Å²) in [4.78, 5) is 18.0. The summed E-state index contributed by atoms with van der Waals surface area (Å²) in [5.74, 6) is 0.700. The van der Waals surface area contributed by atoms with Gasteiger partial charge in [0, 0.05) is 42.3 Å². The molecule has 0 amide bonds. The van der Waals surface area contributed by atoms with Gasteiger partial charge in [-0.15, -0.1) is 0 Å². The van der Waals surface area contributed by atoms with Gasteiger partial charge in [0.1, 0.15) is 0 Å². The zero-order valence-electron chi connectivity index (χ0n) is 20.5. The monoisotopic (exact) mass is 469 g/mol. The molecule has 1 aromatic heterocycles. The Hall–Kier alpha value is -1.62. The van der Waals surface area contributed by atoms with E-state index in [0.717, 1.165) is 42.3 Å². The Labute approximate surface area is 204 Å². The highest BCUT2D eigenvalue weighted by atomic mass is 35.5. The summed E-state index contributed by atoms with van der Waals surface area (Å²) in [7, 11) is 0. The van der Waals surface area contributed by atoms with Gasteiger partial charge in [-0.1, -0.05) is 44.0 Å². The number of carbonyl (C=O) groups is 1. The van der Waals surface area contributed by atoms with Crippen LogP contribution in [0.25, 0.3) is 11.3 Å². The minimum atomic E-state index is 0.312. The lowest BCUT2D eigenvalue weighted by Crippen LogP contribution is -2.33. The largest absolute Gasteiger partial charge is 0.337 e. The first kappa shape index (κ1) is 24.5. The molecule has 2 aromatic rings. The number of nitrogens with zero attached hydrogens (tertiary/aromatic N) is 3. The molecule has 3 heterocycles. The van der Waals surface area contributed by atoms with Gasteiger partial charge in [-0.2, -0.15) is 0 Å². The third kappa shape index (κ3) is 6.71. The molecule has 0 aliphatic carbocycles. The number of likely N-dealkylation sites (tertiary alicyclic amines) is 1. The third-order valence-corrected chi connectivity index (χ3v) is 7.33. The molecule has 0 atom stereocenters. The number of unbranched alkanes of at least 4 members (excludes halogenated alkanes) is 1. The van der Waals surface area contributed by atoms with Crippen molar-refractivity contribution in [3.05, 3.63) is 46.6 Å². The van der Waals surface area contributed by atoms with Crippen LogP contribution in [0.2, 0.25) is 5.02 Å². The van der Waals surface area contributed by atoms with Crippen LogP contribution >= 0.6 is 11.6 Å². The summed E-state index contributed by atoms with van der Waals surface area (Å²) in [6.45, 7) is 11.8. The highest BCUT2D eigenvalue weighted by Gasteiger charge is 2.24. The van der Waals surface area contributed by atoms with E-state index >= 15 is 0 Å². The van der Waals surface area contributed by atoms with E-state index in [1.165, 1.54) is 63.0 Å². The minimum Gasteiger partial charge on any atom is -0.337 e. The normalized spacial score (nSPS) is 17.5. The Bertz CT molecular complexity index is 929. The molecule has 0 saturated carbocycles. The molecule has 4 nitrogen and oxygen atoms in total. The van der Waals surface area contributed by atoms with Crippen LogP contribution in [-0.4, -0.2) is 52.9 Å². The number of fused-ring (bicyclic) bond motifs is 1. The Morgan fingerprint density at radius 1 is 1.00 bits per heavy atom. The van der Waals surface area contributed by atoms with E-state index in [0.29, 0.717) is 24.7 Å². The van der Waals surface area contributed by atoms with Crippen molar-refractivity contribution in [3.8, 4) is 11.3 Å². The first-order valence-electron chi connectivity index (χ1n) is 12.9. The highest BCUT2D eigenvalue weighted by molar-refractivity contribution is 6.30. The second kappa shape index (κ2) is 11.7. The first-order valence-corrected chi connectivity index (χ1v) is 13.3. The van der Waals surface area contributed by atoms with Crippen molar-refractivity contribution >= 4 is 17.4 Å². The van der Waals surface area contributed by atoms with E-state index in [4.69, 9.17) is 11.6 Å². The van der Waals surface area contributed by atoms with E-state index in [9.17, 15) is 4.79 Å². The van der Waals surface area contributed by atoms with Crippen molar-refractivity contribution in [2.75, 3.05) is 32.7 Å². The van der Waals surface area contributed by atoms with Crippen molar-refractivity contribution in [1.82, 2.24) is 14.4 Å². The summed E-state index contributed by atoms with van der Waals surface area (Å²) in [5.41, 5.74) is 4.95. The first-order chi connectivity index (χ1) is 16.0. The number of hydrogen-bond donors (Lipinski definition) is 0. The quantitative estimate of drug-likeness (QED) is 0.396. The van der Waals surface area contributed by atoms with E-state index in [1.54, 1.807) is 0 Å². The number of aromatic nitrogens is 1.